The molecule has 2 rings (SSSR count). The number of nitro groups is 1. The molecular formula is C15H17ClN2O5. The fourth-order valence-electron chi connectivity index (χ4n) is 3.00. The number of halogens is 1. The van der Waals surface area contributed by atoms with E-state index in [-0.39, 0.29) is 16.3 Å². The molecule has 0 aliphatic heterocycles. The Kier molecular flexibility index (Phi) is 4.89. The van der Waals surface area contributed by atoms with Crippen LogP contribution in [0.25, 0.3) is 0 Å². The van der Waals surface area contributed by atoms with Crippen LogP contribution in [-0.2, 0) is 4.79 Å². The van der Waals surface area contributed by atoms with Gasteiger partial charge in [-0.05, 0) is 18.9 Å². The van der Waals surface area contributed by atoms with Crippen molar-refractivity contribution in [3.63, 3.8) is 0 Å². The summed E-state index contributed by atoms with van der Waals surface area (Å²) in [6.07, 6.45) is 3.18. The van der Waals surface area contributed by atoms with Gasteiger partial charge >= 0.3 is 5.97 Å². The number of rotatable bonds is 4. The fourth-order valence-corrected chi connectivity index (χ4v) is 3.25. The van der Waals surface area contributed by atoms with Gasteiger partial charge in [0.2, 0.25) is 0 Å². The maximum atomic E-state index is 12.7. The Hall–Kier alpha value is -2.15. The van der Waals surface area contributed by atoms with Crippen molar-refractivity contribution in [3.8, 4) is 0 Å². The second kappa shape index (κ2) is 6.54. The van der Waals surface area contributed by atoms with Crippen LogP contribution in [0, 0.1) is 10.1 Å². The Morgan fingerprint density at radius 2 is 1.91 bits per heavy atom. The molecule has 8 heteroatoms. The van der Waals surface area contributed by atoms with E-state index in [1.54, 1.807) is 0 Å². The average Bonchev–Trinajstić information content (AvgIpc) is 2.53. The molecule has 1 aromatic carbocycles. The summed E-state index contributed by atoms with van der Waals surface area (Å²) in [6, 6.07) is 3.54. The van der Waals surface area contributed by atoms with Gasteiger partial charge in [-0.2, -0.15) is 0 Å². The summed E-state index contributed by atoms with van der Waals surface area (Å²) < 4.78 is 0. The molecule has 7 nitrogen and oxygen atoms in total. The van der Waals surface area contributed by atoms with E-state index in [1.807, 2.05) is 0 Å². The van der Waals surface area contributed by atoms with E-state index in [0.29, 0.717) is 12.8 Å². The third-order valence-electron chi connectivity index (χ3n) is 4.42. The molecule has 0 saturated heterocycles. The lowest BCUT2D eigenvalue weighted by atomic mass is 9.80. The number of carboxylic acids is 1. The van der Waals surface area contributed by atoms with E-state index in [2.05, 4.69) is 0 Å². The lowest BCUT2D eigenvalue weighted by Crippen LogP contribution is -2.56. The Balaban J connectivity index is 2.35. The molecular weight excluding hydrogens is 324 g/mol. The van der Waals surface area contributed by atoms with Crippen molar-refractivity contribution in [2.75, 3.05) is 7.05 Å². The summed E-state index contributed by atoms with van der Waals surface area (Å²) in [6.45, 7) is 0. The number of nitrogens with zero attached hydrogens (tertiary/aromatic N) is 2. The van der Waals surface area contributed by atoms with Crippen LogP contribution in [0.1, 0.15) is 42.5 Å². The summed E-state index contributed by atoms with van der Waals surface area (Å²) in [7, 11) is 1.44. The van der Waals surface area contributed by atoms with Crippen LogP contribution >= 0.6 is 11.6 Å². The lowest BCUT2D eigenvalue weighted by molar-refractivity contribution is -0.384. The van der Waals surface area contributed by atoms with E-state index in [4.69, 9.17) is 11.6 Å². The molecule has 0 bridgehead atoms. The molecule has 0 unspecified atom stereocenters. The molecule has 0 heterocycles. The molecule has 1 aromatic rings. The van der Waals surface area contributed by atoms with Crippen LogP contribution in [0.15, 0.2) is 18.2 Å². The van der Waals surface area contributed by atoms with Gasteiger partial charge in [0.1, 0.15) is 5.54 Å². The first-order valence-corrected chi connectivity index (χ1v) is 7.63. The van der Waals surface area contributed by atoms with Gasteiger partial charge in [0.05, 0.1) is 15.5 Å². The summed E-state index contributed by atoms with van der Waals surface area (Å²) in [5.74, 6) is -1.58. The van der Waals surface area contributed by atoms with Crippen LogP contribution in [0.5, 0.6) is 0 Å². The minimum Gasteiger partial charge on any atom is -0.479 e. The van der Waals surface area contributed by atoms with Crippen molar-refractivity contribution < 1.29 is 19.6 Å². The molecule has 23 heavy (non-hydrogen) atoms. The zero-order chi connectivity index (χ0) is 17.2. The molecule has 0 aromatic heterocycles. The van der Waals surface area contributed by atoms with Gasteiger partial charge in [-0.15, -0.1) is 0 Å². The monoisotopic (exact) mass is 340 g/mol. The largest absolute Gasteiger partial charge is 0.479 e. The number of benzene rings is 1. The summed E-state index contributed by atoms with van der Waals surface area (Å²) in [5.41, 5.74) is -1.41. The van der Waals surface area contributed by atoms with Gasteiger partial charge in [0, 0.05) is 19.2 Å². The number of amides is 1. The van der Waals surface area contributed by atoms with Crippen molar-refractivity contribution in [2.45, 2.75) is 37.6 Å². The fraction of sp³-hybridized carbons (Fsp3) is 0.467. The number of aliphatic carboxylic acids is 1. The molecule has 1 aliphatic carbocycles. The maximum absolute atomic E-state index is 12.7. The third kappa shape index (κ3) is 3.14. The first-order chi connectivity index (χ1) is 10.8. The minimum atomic E-state index is -1.25. The highest BCUT2D eigenvalue weighted by Crippen LogP contribution is 2.35. The van der Waals surface area contributed by atoms with E-state index >= 15 is 0 Å². The van der Waals surface area contributed by atoms with Gasteiger partial charge < -0.3 is 10.0 Å². The maximum Gasteiger partial charge on any atom is 0.329 e. The molecule has 0 atom stereocenters. The SMILES string of the molecule is CN(C(=O)c1ccc([N+](=O)[O-])cc1Cl)C1(C(=O)O)CCCCC1. The van der Waals surface area contributed by atoms with Crippen LogP contribution < -0.4 is 0 Å². The number of hydrogen-bond acceptors (Lipinski definition) is 4. The highest BCUT2D eigenvalue weighted by Gasteiger charge is 2.45. The summed E-state index contributed by atoms with van der Waals surface area (Å²) in [5, 5.41) is 20.3. The Labute approximate surface area is 138 Å². The van der Waals surface area contributed by atoms with Crippen LogP contribution in [0.4, 0.5) is 5.69 Å². The number of likely N-dealkylation sites (N-methyl/N-ethyl adjacent to an activating group) is 1. The smallest absolute Gasteiger partial charge is 0.329 e. The summed E-state index contributed by atoms with van der Waals surface area (Å²) in [4.78, 5) is 35.8. The zero-order valence-electron chi connectivity index (χ0n) is 12.6. The number of hydrogen-bond donors (Lipinski definition) is 1. The molecule has 0 spiro atoms. The molecule has 1 fully saturated rings. The van der Waals surface area contributed by atoms with Crippen LogP contribution in [-0.4, -0.2) is 39.4 Å². The van der Waals surface area contributed by atoms with Gasteiger partial charge in [0.25, 0.3) is 11.6 Å². The number of nitro benzene ring substituents is 1. The van der Waals surface area contributed by atoms with E-state index in [9.17, 15) is 24.8 Å². The number of carbonyl (C=O) groups is 2. The highest BCUT2D eigenvalue weighted by molar-refractivity contribution is 6.34. The van der Waals surface area contributed by atoms with E-state index in [0.717, 1.165) is 25.3 Å². The van der Waals surface area contributed by atoms with Gasteiger partial charge in [-0.3, -0.25) is 14.9 Å². The van der Waals surface area contributed by atoms with Gasteiger partial charge in [-0.1, -0.05) is 30.9 Å². The predicted octanol–water partition coefficient (Wildman–Crippen LogP) is 3.11. The molecule has 1 N–H and O–H groups in total. The highest BCUT2D eigenvalue weighted by atomic mass is 35.5. The molecule has 1 aliphatic rings. The second-order valence-corrected chi connectivity index (χ2v) is 6.09. The number of non-ortho nitro benzene ring substituents is 1. The lowest BCUT2D eigenvalue weighted by Gasteiger charge is -2.41. The average molecular weight is 341 g/mol. The van der Waals surface area contributed by atoms with Gasteiger partial charge in [0.15, 0.2) is 0 Å². The summed E-state index contributed by atoms with van der Waals surface area (Å²) >= 11 is 5.98. The van der Waals surface area contributed by atoms with E-state index in [1.165, 1.54) is 24.1 Å². The quantitative estimate of drug-likeness (QED) is 0.670. The zero-order valence-corrected chi connectivity index (χ0v) is 13.4. The standard InChI is InChI=1S/C15H17ClN2O5/c1-17(15(14(20)21)7-3-2-4-8-15)13(19)11-6-5-10(18(22)23)9-12(11)16/h5-6,9H,2-4,7-8H2,1H3,(H,20,21). The Bertz CT molecular complexity index is 655. The topological polar surface area (TPSA) is 101 Å². The predicted molar refractivity (Wildman–Crippen MR) is 83.7 cm³/mol. The molecule has 124 valence electrons. The molecule has 0 radical (unpaired) electrons. The molecule has 1 saturated carbocycles. The first kappa shape index (κ1) is 17.2. The normalized spacial score (nSPS) is 16.6. The van der Waals surface area contributed by atoms with Crippen molar-refractivity contribution >= 4 is 29.2 Å². The third-order valence-corrected chi connectivity index (χ3v) is 4.73. The van der Waals surface area contributed by atoms with Gasteiger partial charge in [-0.25, -0.2) is 4.79 Å². The van der Waals surface area contributed by atoms with Crippen LogP contribution in [0.3, 0.4) is 0 Å². The van der Waals surface area contributed by atoms with Crippen molar-refractivity contribution in [2.24, 2.45) is 0 Å². The second-order valence-electron chi connectivity index (χ2n) is 5.68. The Morgan fingerprint density at radius 1 is 1.30 bits per heavy atom. The van der Waals surface area contributed by atoms with Crippen molar-refractivity contribution in [1.82, 2.24) is 4.90 Å². The minimum absolute atomic E-state index is 0.0611. The van der Waals surface area contributed by atoms with Crippen molar-refractivity contribution in [3.05, 3.63) is 38.9 Å². The number of carboxylic acid groups (broad SMARTS) is 1. The first-order valence-electron chi connectivity index (χ1n) is 7.25. The van der Waals surface area contributed by atoms with Crippen LogP contribution in [0.2, 0.25) is 5.02 Å². The Morgan fingerprint density at radius 3 is 2.39 bits per heavy atom. The van der Waals surface area contributed by atoms with Crippen molar-refractivity contribution in [1.29, 1.82) is 0 Å². The molecule has 1 amide bonds. The number of carbonyl (C=O) groups excluding carboxylic acids is 1. The van der Waals surface area contributed by atoms with E-state index < -0.39 is 22.3 Å².